The first kappa shape index (κ1) is 15.1. The Kier molecular flexibility index (Phi) is 7.62. The Morgan fingerprint density at radius 3 is 2.78 bits per heavy atom. The average molecular weight is 250 g/mol. The van der Waals surface area contributed by atoms with Gasteiger partial charge in [0.25, 0.3) is 0 Å². The first-order valence-corrected chi connectivity index (χ1v) is 6.94. The van der Waals surface area contributed by atoms with Crippen molar-refractivity contribution in [3.63, 3.8) is 0 Å². The molecular weight excluding hydrogens is 224 g/mol. The van der Waals surface area contributed by atoms with Crippen molar-refractivity contribution < 1.29 is 4.74 Å². The Bertz CT molecular complexity index is 309. The monoisotopic (exact) mass is 250 g/mol. The summed E-state index contributed by atoms with van der Waals surface area (Å²) in [6.45, 7) is 9.98. The van der Waals surface area contributed by atoms with Gasteiger partial charge in [-0.15, -0.1) is 0 Å². The Balaban J connectivity index is 2.23. The summed E-state index contributed by atoms with van der Waals surface area (Å²) in [5.74, 6) is 0.699. The van der Waals surface area contributed by atoms with E-state index >= 15 is 0 Å². The van der Waals surface area contributed by atoms with Crippen LogP contribution in [0.4, 0.5) is 0 Å². The number of nitrogens with zero attached hydrogens (tertiary/aromatic N) is 1. The molecule has 0 fully saturated rings. The van der Waals surface area contributed by atoms with Crippen molar-refractivity contribution in [2.45, 2.75) is 46.8 Å². The van der Waals surface area contributed by atoms with Crippen LogP contribution in [0.2, 0.25) is 0 Å². The Labute approximate surface area is 111 Å². The third-order valence-corrected chi connectivity index (χ3v) is 2.73. The third-order valence-electron chi connectivity index (χ3n) is 2.73. The molecule has 1 N–H and O–H groups in total. The molecule has 102 valence electrons. The van der Waals surface area contributed by atoms with Crippen LogP contribution in [0.5, 0.6) is 0 Å². The van der Waals surface area contributed by atoms with Gasteiger partial charge in [-0.1, -0.05) is 26.8 Å². The van der Waals surface area contributed by atoms with Crippen molar-refractivity contribution in [2.24, 2.45) is 5.92 Å². The number of pyridine rings is 1. The SMILES string of the molecule is CCCNCc1ccc(COCCC(C)C)nc1. The van der Waals surface area contributed by atoms with E-state index in [9.17, 15) is 0 Å². The predicted octanol–water partition coefficient (Wildman–Crippen LogP) is 3.14. The highest BCUT2D eigenvalue weighted by Crippen LogP contribution is 2.04. The first-order chi connectivity index (χ1) is 8.72. The van der Waals surface area contributed by atoms with Crippen molar-refractivity contribution in [3.8, 4) is 0 Å². The standard InChI is InChI=1S/C15H26N2O/c1-4-8-16-10-14-5-6-15(17-11-14)12-18-9-7-13(2)3/h5-6,11,13,16H,4,7-10,12H2,1-3H3. The Morgan fingerprint density at radius 1 is 1.33 bits per heavy atom. The second kappa shape index (κ2) is 9.06. The molecule has 0 aromatic carbocycles. The Morgan fingerprint density at radius 2 is 2.17 bits per heavy atom. The fraction of sp³-hybridized carbons (Fsp3) is 0.667. The van der Waals surface area contributed by atoms with Gasteiger partial charge in [0, 0.05) is 19.3 Å². The van der Waals surface area contributed by atoms with Crippen molar-refractivity contribution in [1.29, 1.82) is 0 Å². The van der Waals surface area contributed by atoms with Crippen LogP contribution in [-0.2, 0) is 17.9 Å². The molecule has 18 heavy (non-hydrogen) atoms. The topological polar surface area (TPSA) is 34.1 Å². The lowest BCUT2D eigenvalue weighted by Gasteiger charge is -2.07. The summed E-state index contributed by atoms with van der Waals surface area (Å²) < 4.78 is 5.59. The van der Waals surface area contributed by atoms with Gasteiger partial charge in [-0.25, -0.2) is 0 Å². The molecule has 1 rings (SSSR count). The second-order valence-electron chi connectivity index (χ2n) is 5.07. The molecule has 0 spiro atoms. The maximum Gasteiger partial charge on any atom is 0.0887 e. The molecule has 0 atom stereocenters. The van der Waals surface area contributed by atoms with Crippen LogP contribution in [0.3, 0.4) is 0 Å². The molecule has 1 aromatic rings. The highest BCUT2D eigenvalue weighted by atomic mass is 16.5. The lowest BCUT2D eigenvalue weighted by molar-refractivity contribution is 0.108. The summed E-state index contributed by atoms with van der Waals surface area (Å²) in [7, 11) is 0. The van der Waals surface area contributed by atoms with E-state index in [4.69, 9.17) is 4.74 Å². The molecule has 0 radical (unpaired) electrons. The van der Waals surface area contributed by atoms with Gasteiger partial charge >= 0.3 is 0 Å². The molecule has 0 saturated carbocycles. The van der Waals surface area contributed by atoms with E-state index < -0.39 is 0 Å². The van der Waals surface area contributed by atoms with E-state index in [2.05, 4.69) is 43.2 Å². The van der Waals surface area contributed by atoms with Gasteiger partial charge < -0.3 is 10.1 Å². The molecule has 3 nitrogen and oxygen atoms in total. The van der Waals surface area contributed by atoms with E-state index in [1.807, 2.05) is 6.20 Å². The number of nitrogens with one attached hydrogen (secondary N) is 1. The smallest absolute Gasteiger partial charge is 0.0887 e. The fourth-order valence-corrected chi connectivity index (χ4v) is 1.55. The molecular formula is C15H26N2O. The minimum Gasteiger partial charge on any atom is -0.375 e. The van der Waals surface area contributed by atoms with Gasteiger partial charge in [0.2, 0.25) is 0 Å². The molecule has 1 aromatic heterocycles. The zero-order chi connectivity index (χ0) is 13.2. The number of rotatable bonds is 9. The van der Waals surface area contributed by atoms with E-state index in [0.29, 0.717) is 12.5 Å². The van der Waals surface area contributed by atoms with Gasteiger partial charge in [-0.05, 0) is 36.9 Å². The number of ether oxygens (including phenoxy) is 1. The summed E-state index contributed by atoms with van der Waals surface area (Å²) in [4.78, 5) is 4.41. The van der Waals surface area contributed by atoms with Crippen LogP contribution in [0.15, 0.2) is 18.3 Å². The number of hydrogen-bond donors (Lipinski definition) is 1. The lowest BCUT2D eigenvalue weighted by Crippen LogP contribution is -2.14. The van der Waals surface area contributed by atoms with Crippen LogP contribution >= 0.6 is 0 Å². The molecule has 0 aliphatic carbocycles. The lowest BCUT2D eigenvalue weighted by atomic mass is 10.1. The first-order valence-electron chi connectivity index (χ1n) is 6.94. The van der Waals surface area contributed by atoms with Gasteiger partial charge in [0.1, 0.15) is 0 Å². The normalized spacial score (nSPS) is 11.1. The quantitative estimate of drug-likeness (QED) is 0.684. The average Bonchev–Trinajstić information content (AvgIpc) is 2.36. The van der Waals surface area contributed by atoms with Crippen LogP contribution in [0.1, 0.15) is 44.9 Å². The fourth-order valence-electron chi connectivity index (χ4n) is 1.55. The molecule has 0 aliphatic heterocycles. The highest BCUT2D eigenvalue weighted by molar-refractivity contribution is 5.13. The summed E-state index contributed by atoms with van der Waals surface area (Å²) in [6.07, 6.45) is 4.21. The van der Waals surface area contributed by atoms with Crippen molar-refractivity contribution in [3.05, 3.63) is 29.6 Å². The predicted molar refractivity (Wildman–Crippen MR) is 75.3 cm³/mol. The molecule has 1 heterocycles. The maximum atomic E-state index is 5.59. The number of aromatic nitrogens is 1. The second-order valence-corrected chi connectivity index (χ2v) is 5.07. The number of hydrogen-bond acceptors (Lipinski definition) is 3. The summed E-state index contributed by atoms with van der Waals surface area (Å²) >= 11 is 0. The molecule has 0 unspecified atom stereocenters. The largest absolute Gasteiger partial charge is 0.375 e. The van der Waals surface area contributed by atoms with Gasteiger partial charge in [-0.3, -0.25) is 4.98 Å². The third kappa shape index (κ3) is 6.72. The van der Waals surface area contributed by atoms with E-state index in [1.165, 1.54) is 5.56 Å². The summed E-state index contributed by atoms with van der Waals surface area (Å²) in [5.41, 5.74) is 2.24. The Hall–Kier alpha value is -0.930. The minimum absolute atomic E-state index is 0.620. The van der Waals surface area contributed by atoms with Gasteiger partial charge in [0.15, 0.2) is 0 Å². The molecule has 0 amide bonds. The van der Waals surface area contributed by atoms with Crippen molar-refractivity contribution in [1.82, 2.24) is 10.3 Å². The molecule has 0 bridgehead atoms. The van der Waals surface area contributed by atoms with Crippen LogP contribution in [-0.4, -0.2) is 18.1 Å². The van der Waals surface area contributed by atoms with Crippen LogP contribution < -0.4 is 5.32 Å². The van der Waals surface area contributed by atoms with Gasteiger partial charge in [0.05, 0.1) is 12.3 Å². The highest BCUT2D eigenvalue weighted by Gasteiger charge is 1.98. The van der Waals surface area contributed by atoms with E-state index in [0.717, 1.165) is 38.2 Å². The van der Waals surface area contributed by atoms with E-state index in [-0.39, 0.29) is 0 Å². The molecule has 3 heteroatoms. The summed E-state index contributed by atoms with van der Waals surface area (Å²) in [5, 5.41) is 3.36. The van der Waals surface area contributed by atoms with Crippen molar-refractivity contribution in [2.75, 3.05) is 13.2 Å². The van der Waals surface area contributed by atoms with Crippen molar-refractivity contribution >= 4 is 0 Å². The van der Waals surface area contributed by atoms with Gasteiger partial charge in [-0.2, -0.15) is 0 Å². The van der Waals surface area contributed by atoms with E-state index in [1.54, 1.807) is 0 Å². The summed E-state index contributed by atoms with van der Waals surface area (Å²) in [6, 6.07) is 4.18. The van der Waals surface area contributed by atoms with Crippen LogP contribution in [0.25, 0.3) is 0 Å². The van der Waals surface area contributed by atoms with Crippen LogP contribution in [0, 0.1) is 5.92 Å². The molecule has 0 aliphatic rings. The minimum atomic E-state index is 0.620. The zero-order valence-corrected chi connectivity index (χ0v) is 11.9. The molecule has 0 saturated heterocycles. The maximum absolute atomic E-state index is 5.59. The zero-order valence-electron chi connectivity index (χ0n) is 11.9.